The van der Waals surface area contributed by atoms with E-state index >= 15 is 0 Å². The Morgan fingerprint density at radius 2 is 1.56 bits per heavy atom. The molecule has 4 amide bonds. The molecule has 1 aliphatic carbocycles. The van der Waals surface area contributed by atoms with Gasteiger partial charge in [-0.1, -0.05) is 30.3 Å². The van der Waals surface area contributed by atoms with Crippen LogP contribution in [0.5, 0.6) is 0 Å². The maximum atomic E-state index is 13.8. The highest BCUT2D eigenvalue weighted by Gasteiger charge is 2.30. The molecule has 1 fully saturated rings. The third-order valence-electron chi connectivity index (χ3n) is 9.51. The summed E-state index contributed by atoms with van der Waals surface area (Å²) in [5, 5.41) is 44.0. The van der Waals surface area contributed by atoms with Gasteiger partial charge in [-0.15, -0.1) is 10.2 Å². The number of anilines is 1. The van der Waals surface area contributed by atoms with Crippen molar-refractivity contribution < 1.29 is 34.1 Å². The Balaban J connectivity index is 1.25. The summed E-state index contributed by atoms with van der Waals surface area (Å²) in [7, 11) is 0. The van der Waals surface area contributed by atoms with Gasteiger partial charge in [-0.25, -0.2) is 4.79 Å². The van der Waals surface area contributed by atoms with Crippen LogP contribution in [-0.4, -0.2) is 92.1 Å². The number of rotatable bonds is 14. The van der Waals surface area contributed by atoms with Gasteiger partial charge in [-0.3, -0.25) is 14.4 Å². The van der Waals surface area contributed by atoms with Crippen molar-refractivity contribution in [1.29, 1.82) is 0 Å². The maximum Gasteiger partial charge on any atom is 0.407 e. The van der Waals surface area contributed by atoms with Gasteiger partial charge in [0.1, 0.15) is 11.6 Å². The van der Waals surface area contributed by atoms with E-state index < -0.39 is 29.7 Å². The summed E-state index contributed by atoms with van der Waals surface area (Å²) >= 11 is 0. The highest BCUT2D eigenvalue weighted by atomic mass is 16.6. The number of hydrogen-bond donors (Lipinski definition) is 7. The van der Waals surface area contributed by atoms with Gasteiger partial charge in [0.05, 0.1) is 19.3 Å². The molecule has 7 N–H and O–H groups in total. The molecule has 1 saturated carbocycles. The number of nitrogens with one attached hydrogen (secondary N) is 5. The first kappa shape index (κ1) is 40.5. The number of aryl methyl sites for hydroxylation is 1. The lowest BCUT2D eigenvalue weighted by atomic mass is 9.81. The molecule has 15 nitrogen and oxygen atoms in total. The van der Waals surface area contributed by atoms with E-state index in [4.69, 9.17) is 4.74 Å². The largest absolute Gasteiger partial charge is 0.444 e. The van der Waals surface area contributed by atoms with E-state index in [9.17, 15) is 29.4 Å². The van der Waals surface area contributed by atoms with Gasteiger partial charge in [0.2, 0.25) is 17.6 Å². The second kappa shape index (κ2) is 18.6. The zero-order valence-corrected chi connectivity index (χ0v) is 31.6. The van der Waals surface area contributed by atoms with Gasteiger partial charge in [-0.05, 0) is 123 Å². The van der Waals surface area contributed by atoms with E-state index in [0.717, 1.165) is 40.7 Å². The number of aliphatic hydroxyl groups excluding tert-OH is 2. The average molecular weight is 755 g/mol. The van der Waals surface area contributed by atoms with Gasteiger partial charge in [0.25, 0.3) is 5.91 Å². The Bertz CT molecular complexity index is 1900. The molecule has 1 heterocycles. The molecule has 0 spiro atoms. The molecule has 4 aromatic rings. The summed E-state index contributed by atoms with van der Waals surface area (Å²) in [5.41, 5.74) is 4.60. The molecule has 1 unspecified atom stereocenters. The first-order valence-corrected chi connectivity index (χ1v) is 18.5. The lowest BCUT2D eigenvalue weighted by Crippen LogP contribution is -2.48. The molecule has 55 heavy (non-hydrogen) atoms. The molecule has 0 radical (unpaired) electrons. The minimum absolute atomic E-state index is 0.188. The topological polar surface area (TPSA) is 221 Å². The number of carbonyl (C=O) groups excluding carboxylic acids is 4. The Morgan fingerprint density at radius 3 is 2.16 bits per heavy atom. The average Bonchev–Trinajstić information content (AvgIpc) is 3.71. The number of carbonyl (C=O) groups is 4. The zero-order chi connectivity index (χ0) is 39.5. The smallest absolute Gasteiger partial charge is 0.407 e. The third-order valence-corrected chi connectivity index (χ3v) is 9.51. The van der Waals surface area contributed by atoms with Crippen LogP contribution in [0.1, 0.15) is 67.9 Å². The summed E-state index contributed by atoms with van der Waals surface area (Å²) in [6, 6.07) is 18.4. The molecule has 292 valence electrons. The van der Waals surface area contributed by atoms with E-state index in [2.05, 4.69) is 41.9 Å². The van der Waals surface area contributed by atoms with Crippen molar-refractivity contribution >= 4 is 29.5 Å². The third kappa shape index (κ3) is 11.7. The Kier molecular flexibility index (Phi) is 13.7. The molecule has 15 heteroatoms. The van der Waals surface area contributed by atoms with Crippen LogP contribution in [0.4, 0.5) is 10.5 Å². The summed E-state index contributed by atoms with van der Waals surface area (Å²) in [4.78, 5) is 52.2. The summed E-state index contributed by atoms with van der Waals surface area (Å²) in [6.07, 6.45) is 2.57. The molecule has 0 bridgehead atoms. The van der Waals surface area contributed by atoms with Gasteiger partial charge in [-0.2, -0.15) is 5.21 Å². The van der Waals surface area contributed by atoms with Crippen LogP contribution in [0.3, 0.4) is 0 Å². The number of aliphatic hydroxyl groups is 2. The van der Waals surface area contributed by atoms with Crippen LogP contribution in [0.15, 0.2) is 66.7 Å². The number of nitrogens with zero attached hydrogens (tertiary/aromatic N) is 3. The number of aromatic nitrogens is 4. The lowest BCUT2D eigenvalue weighted by molar-refractivity contribution is -0.130. The van der Waals surface area contributed by atoms with E-state index in [1.54, 1.807) is 36.4 Å². The van der Waals surface area contributed by atoms with Crippen LogP contribution >= 0.6 is 0 Å². The number of amides is 4. The maximum absolute atomic E-state index is 13.8. The van der Waals surface area contributed by atoms with Crippen molar-refractivity contribution in [3.05, 3.63) is 83.4 Å². The van der Waals surface area contributed by atoms with Gasteiger partial charge < -0.3 is 36.2 Å². The normalized spacial score (nSPS) is 16.2. The molecule has 1 aromatic heterocycles. The summed E-state index contributed by atoms with van der Waals surface area (Å²) in [6.45, 7) is 7.08. The molecule has 1 aliphatic rings. The van der Waals surface area contributed by atoms with E-state index in [0.29, 0.717) is 36.5 Å². The monoisotopic (exact) mass is 754 g/mol. The molecule has 5 rings (SSSR count). The predicted molar refractivity (Wildman–Crippen MR) is 206 cm³/mol. The quantitative estimate of drug-likeness (QED) is 0.0984. The predicted octanol–water partition coefficient (Wildman–Crippen LogP) is 3.92. The number of alkyl carbamates (subject to hydrolysis) is 1. The van der Waals surface area contributed by atoms with Crippen molar-refractivity contribution in [3.8, 4) is 22.5 Å². The minimum atomic E-state index is -0.872. The molecule has 1 atom stereocenters. The van der Waals surface area contributed by atoms with Crippen LogP contribution in [0.2, 0.25) is 0 Å². The van der Waals surface area contributed by atoms with Crippen molar-refractivity contribution in [2.24, 2.45) is 11.8 Å². The first-order valence-electron chi connectivity index (χ1n) is 18.5. The number of H-pyrrole nitrogens is 1. The minimum Gasteiger partial charge on any atom is -0.444 e. The fourth-order valence-electron chi connectivity index (χ4n) is 6.49. The number of aromatic amines is 1. The zero-order valence-electron chi connectivity index (χ0n) is 31.6. The number of hydrogen-bond acceptors (Lipinski definition) is 10. The van der Waals surface area contributed by atoms with E-state index in [1.807, 2.05) is 58.0 Å². The second-order valence-corrected chi connectivity index (χ2v) is 14.9. The second-order valence-electron chi connectivity index (χ2n) is 14.9. The molecule has 0 aliphatic heterocycles. The Hall–Kier alpha value is -5.67. The lowest BCUT2D eigenvalue weighted by Gasteiger charge is -2.29. The molecule has 3 aromatic carbocycles. The molecular formula is C40H50N8O7. The Labute approximate surface area is 320 Å². The Morgan fingerprint density at radius 1 is 0.891 bits per heavy atom. The van der Waals surface area contributed by atoms with Gasteiger partial charge in [0.15, 0.2) is 0 Å². The van der Waals surface area contributed by atoms with Crippen LogP contribution in [0, 0.1) is 18.8 Å². The highest BCUT2D eigenvalue weighted by Crippen LogP contribution is 2.29. The van der Waals surface area contributed by atoms with E-state index in [1.165, 1.54) is 0 Å². The van der Waals surface area contributed by atoms with Crippen molar-refractivity contribution in [2.75, 3.05) is 25.1 Å². The van der Waals surface area contributed by atoms with Gasteiger partial charge in [0, 0.05) is 35.7 Å². The highest BCUT2D eigenvalue weighted by molar-refractivity contribution is 5.98. The SMILES string of the molecule is Cc1cc(C(=O)NC(CO)CO)ccc1-c1ccc(CC(NC(=O)C2CCC(CNC(=O)OC(C)(C)C)CC2)C(=O)Nc2ccc(-c3nn[nH]n3)cc2)cc1. The number of tetrazole rings is 1. The fourth-order valence-corrected chi connectivity index (χ4v) is 6.49. The first-order chi connectivity index (χ1) is 26.3. The molecular weight excluding hydrogens is 704 g/mol. The summed E-state index contributed by atoms with van der Waals surface area (Å²) in [5.74, 6) is -0.563. The molecule has 0 saturated heterocycles. The van der Waals surface area contributed by atoms with Crippen LogP contribution in [0.25, 0.3) is 22.5 Å². The number of ether oxygens (including phenoxy) is 1. The van der Waals surface area contributed by atoms with Gasteiger partial charge >= 0.3 is 6.09 Å². The van der Waals surface area contributed by atoms with Crippen molar-refractivity contribution in [1.82, 2.24) is 36.6 Å². The summed E-state index contributed by atoms with van der Waals surface area (Å²) < 4.78 is 5.34. The van der Waals surface area contributed by atoms with Crippen molar-refractivity contribution in [2.45, 2.75) is 77.5 Å². The number of benzene rings is 3. The fraction of sp³-hybridized carbons (Fsp3) is 0.425. The van der Waals surface area contributed by atoms with Crippen molar-refractivity contribution in [3.63, 3.8) is 0 Å². The van der Waals surface area contributed by atoms with Crippen LogP contribution < -0.4 is 21.3 Å². The van der Waals surface area contributed by atoms with E-state index in [-0.39, 0.29) is 43.3 Å². The standard InChI is InChI=1S/C40H50N8O7/c1-24-19-30(37(52)43-32(22-49)23-50)15-18-33(24)27-9-5-25(6-10-27)20-34(38(53)42-31-16-13-28(14-17-31)35-45-47-48-46-35)44-36(51)29-11-7-26(8-12-29)21-41-39(54)55-40(2,3)4/h5-6,9-10,13-19,26,29,32,34,49-50H,7-8,11-12,20-23H2,1-4H3,(H,41,54)(H,42,53)(H,43,52)(H,44,51)(H,45,46,47,48). The van der Waals surface area contributed by atoms with Crippen LogP contribution in [-0.2, 0) is 20.7 Å².